The minimum atomic E-state index is 0.00474. The Morgan fingerprint density at radius 3 is 2.35 bits per heavy atom. The number of rotatable bonds is 3. The van der Waals surface area contributed by atoms with Gasteiger partial charge >= 0.3 is 0 Å². The fourth-order valence-corrected chi connectivity index (χ4v) is 2.16. The zero-order valence-electron chi connectivity index (χ0n) is 11.0. The number of carbonyl (C=O) groups excluding carboxylic acids is 1. The molecule has 3 rings (SSSR count). The summed E-state index contributed by atoms with van der Waals surface area (Å²) in [4.78, 5) is 16.3. The molecule has 98 valence electrons. The van der Waals surface area contributed by atoms with Gasteiger partial charge in [0.2, 0.25) is 0 Å². The molecule has 3 nitrogen and oxygen atoms in total. The van der Waals surface area contributed by atoms with E-state index in [1.165, 1.54) is 0 Å². The number of aromatic nitrogens is 1. The largest absolute Gasteiger partial charge is 0.497 e. The molecule has 0 aliphatic rings. The molecule has 3 heteroatoms. The van der Waals surface area contributed by atoms with Crippen molar-refractivity contribution in [2.75, 3.05) is 7.11 Å². The summed E-state index contributed by atoms with van der Waals surface area (Å²) in [5.74, 6) is 0.816. The highest BCUT2D eigenvalue weighted by Gasteiger charge is 2.09. The van der Waals surface area contributed by atoms with Crippen molar-refractivity contribution in [1.82, 2.24) is 4.98 Å². The number of hydrogen-bond acceptors (Lipinski definition) is 3. The monoisotopic (exact) mass is 263 g/mol. The van der Waals surface area contributed by atoms with Crippen LogP contribution in [-0.2, 0) is 0 Å². The van der Waals surface area contributed by atoms with Crippen molar-refractivity contribution in [1.29, 1.82) is 0 Å². The Kier molecular flexibility index (Phi) is 3.17. The number of ketones is 1. The molecule has 0 atom stereocenters. The van der Waals surface area contributed by atoms with Gasteiger partial charge in [-0.2, -0.15) is 0 Å². The molecule has 0 amide bonds. The molecule has 0 spiro atoms. The third-order valence-corrected chi connectivity index (χ3v) is 3.25. The standard InChI is InChI=1S/C17H13NO2/c1-20-16-5-4-13-10-15(3-2-14(13)11-16)17(19)12-6-8-18-9-7-12/h2-11H,1H3. The second kappa shape index (κ2) is 5.13. The lowest BCUT2D eigenvalue weighted by molar-refractivity contribution is 0.103. The number of hydrogen-bond donors (Lipinski definition) is 0. The molecular weight excluding hydrogens is 250 g/mol. The number of methoxy groups -OCH3 is 1. The quantitative estimate of drug-likeness (QED) is 0.679. The van der Waals surface area contributed by atoms with Crippen LogP contribution in [0.2, 0.25) is 0 Å². The second-order valence-electron chi connectivity index (χ2n) is 4.49. The van der Waals surface area contributed by atoms with E-state index in [1.54, 1.807) is 31.6 Å². The lowest BCUT2D eigenvalue weighted by Gasteiger charge is -2.05. The number of benzene rings is 2. The van der Waals surface area contributed by atoms with E-state index < -0.39 is 0 Å². The highest BCUT2D eigenvalue weighted by Crippen LogP contribution is 2.22. The highest BCUT2D eigenvalue weighted by molar-refractivity contribution is 6.10. The molecule has 0 radical (unpaired) electrons. The predicted octanol–water partition coefficient (Wildman–Crippen LogP) is 3.47. The fourth-order valence-electron chi connectivity index (χ4n) is 2.16. The molecule has 0 aliphatic carbocycles. The van der Waals surface area contributed by atoms with Crippen molar-refractivity contribution in [2.24, 2.45) is 0 Å². The third kappa shape index (κ3) is 2.26. The van der Waals surface area contributed by atoms with Gasteiger partial charge in [0, 0.05) is 23.5 Å². The summed E-state index contributed by atoms with van der Waals surface area (Å²) in [6, 6.07) is 14.9. The minimum Gasteiger partial charge on any atom is -0.497 e. The lowest BCUT2D eigenvalue weighted by atomic mass is 10.0. The molecule has 20 heavy (non-hydrogen) atoms. The number of ether oxygens (including phenoxy) is 1. The van der Waals surface area contributed by atoms with E-state index >= 15 is 0 Å². The molecule has 0 bridgehead atoms. The molecule has 0 N–H and O–H groups in total. The maximum Gasteiger partial charge on any atom is 0.193 e. The SMILES string of the molecule is COc1ccc2cc(C(=O)c3ccncc3)ccc2c1. The van der Waals surface area contributed by atoms with Crippen LogP contribution in [0.25, 0.3) is 10.8 Å². The van der Waals surface area contributed by atoms with E-state index in [2.05, 4.69) is 4.98 Å². The number of carbonyl (C=O) groups is 1. The molecule has 1 aromatic heterocycles. The lowest BCUT2D eigenvalue weighted by Crippen LogP contribution is -2.01. The highest BCUT2D eigenvalue weighted by atomic mass is 16.5. The number of fused-ring (bicyclic) bond motifs is 1. The van der Waals surface area contributed by atoms with Gasteiger partial charge in [-0.1, -0.05) is 18.2 Å². The van der Waals surface area contributed by atoms with Gasteiger partial charge in [-0.3, -0.25) is 9.78 Å². The Morgan fingerprint density at radius 1 is 0.900 bits per heavy atom. The molecule has 0 saturated carbocycles. The Hall–Kier alpha value is -2.68. The van der Waals surface area contributed by atoms with E-state index in [4.69, 9.17) is 4.74 Å². The van der Waals surface area contributed by atoms with E-state index in [1.807, 2.05) is 36.4 Å². The van der Waals surface area contributed by atoms with Crippen molar-refractivity contribution in [2.45, 2.75) is 0 Å². The summed E-state index contributed by atoms with van der Waals surface area (Å²) in [6.45, 7) is 0. The van der Waals surface area contributed by atoms with E-state index in [0.717, 1.165) is 16.5 Å². The van der Waals surface area contributed by atoms with Crippen LogP contribution in [0.5, 0.6) is 5.75 Å². The van der Waals surface area contributed by atoms with Crippen molar-refractivity contribution in [3.63, 3.8) is 0 Å². The average Bonchev–Trinajstić information content (AvgIpc) is 2.54. The van der Waals surface area contributed by atoms with Gasteiger partial charge in [0.25, 0.3) is 0 Å². The van der Waals surface area contributed by atoms with Crippen LogP contribution in [-0.4, -0.2) is 17.9 Å². The van der Waals surface area contributed by atoms with Crippen LogP contribution in [0.4, 0.5) is 0 Å². The van der Waals surface area contributed by atoms with Gasteiger partial charge in [0.05, 0.1) is 7.11 Å². The molecule has 3 aromatic rings. The molecule has 1 heterocycles. The van der Waals surface area contributed by atoms with Crippen LogP contribution >= 0.6 is 0 Å². The average molecular weight is 263 g/mol. The fraction of sp³-hybridized carbons (Fsp3) is 0.0588. The maximum absolute atomic E-state index is 12.4. The Labute approximate surface area is 116 Å². The first-order chi connectivity index (χ1) is 9.78. The Balaban J connectivity index is 2.03. The second-order valence-corrected chi connectivity index (χ2v) is 4.49. The summed E-state index contributed by atoms with van der Waals surface area (Å²) < 4.78 is 5.20. The molecular formula is C17H13NO2. The zero-order valence-corrected chi connectivity index (χ0v) is 11.0. The summed E-state index contributed by atoms with van der Waals surface area (Å²) >= 11 is 0. The van der Waals surface area contributed by atoms with Crippen LogP contribution in [0.3, 0.4) is 0 Å². The molecule has 0 fully saturated rings. The maximum atomic E-state index is 12.4. The first-order valence-electron chi connectivity index (χ1n) is 6.30. The Morgan fingerprint density at radius 2 is 1.60 bits per heavy atom. The number of pyridine rings is 1. The number of nitrogens with zero attached hydrogens (tertiary/aromatic N) is 1. The van der Waals surface area contributed by atoms with E-state index in [0.29, 0.717) is 11.1 Å². The molecule has 0 unspecified atom stereocenters. The Bertz CT molecular complexity index is 766. The van der Waals surface area contributed by atoms with Crippen molar-refractivity contribution in [3.05, 3.63) is 72.1 Å². The first-order valence-corrected chi connectivity index (χ1v) is 6.30. The first kappa shape index (κ1) is 12.4. The zero-order chi connectivity index (χ0) is 13.9. The van der Waals surface area contributed by atoms with Crippen molar-refractivity contribution in [3.8, 4) is 5.75 Å². The van der Waals surface area contributed by atoms with Crippen LogP contribution in [0.15, 0.2) is 60.9 Å². The minimum absolute atomic E-state index is 0.00474. The summed E-state index contributed by atoms with van der Waals surface area (Å²) in [7, 11) is 1.64. The molecule has 0 aliphatic heterocycles. The predicted molar refractivity (Wildman–Crippen MR) is 78.2 cm³/mol. The third-order valence-electron chi connectivity index (χ3n) is 3.25. The van der Waals surface area contributed by atoms with Gasteiger partial charge < -0.3 is 4.74 Å². The van der Waals surface area contributed by atoms with Crippen molar-refractivity contribution >= 4 is 16.6 Å². The summed E-state index contributed by atoms with van der Waals surface area (Å²) in [5, 5.41) is 2.07. The normalized spacial score (nSPS) is 10.4. The van der Waals surface area contributed by atoms with Gasteiger partial charge in [0.1, 0.15) is 5.75 Å². The smallest absolute Gasteiger partial charge is 0.193 e. The van der Waals surface area contributed by atoms with Gasteiger partial charge in [-0.15, -0.1) is 0 Å². The van der Waals surface area contributed by atoms with E-state index in [-0.39, 0.29) is 5.78 Å². The topological polar surface area (TPSA) is 39.2 Å². The molecule has 0 saturated heterocycles. The van der Waals surface area contributed by atoms with Crippen LogP contribution in [0.1, 0.15) is 15.9 Å². The summed E-state index contributed by atoms with van der Waals surface area (Å²) in [6.07, 6.45) is 3.25. The van der Waals surface area contributed by atoms with Gasteiger partial charge in [0.15, 0.2) is 5.78 Å². The summed E-state index contributed by atoms with van der Waals surface area (Å²) in [5.41, 5.74) is 1.32. The van der Waals surface area contributed by atoms with E-state index in [9.17, 15) is 4.79 Å². The van der Waals surface area contributed by atoms with Gasteiger partial charge in [-0.05, 0) is 41.1 Å². The molecule has 2 aromatic carbocycles. The van der Waals surface area contributed by atoms with Crippen LogP contribution < -0.4 is 4.74 Å². The van der Waals surface area contributed by atoms with Gasteiger partial charge in [-0.25, -0.2) is 0 Å². The van der Waals surface area contributed by atoms with Crippen molar-refractivity contribution < 1.29 is 9.53 Å². The van der Waals surface area contributed by atoms with Crippen LogP contribution in [0, 0.1) is 0 Å².